The summed E-state index contributed by atoms with van der Waals surface area (Å²) in [6.07, 6.45) is -11.7. The van der Waals surface area contributed by atoms with E-state index < -0.39 is 36.8 Å². The zero-order valence-electron chi connectivity index (χ0n) is 8.42. The molecule has 0 aromatic carbocycles. The molecular weight excluding hydrogens is 241 g/mol. The normalized spacial score (nSPS) is 19.0. The first-order valence-corrected chi connectivity index (χ1v) is 4.35. The summed E-state index contributed by atoms with van der Waals surface area (Å²) in [6.45, 7) is 3.11. The fourth-order valence-electron chi connectivity index (χ4n) is 1.11. The molecule has 0 aromatic rings. The first-order valence-electron chi connectivity index (χ1n) is 4.35. The van der Waals surface area contributed by atoms with Crippen molar-refractivity contribution >= 4 is 0 Å². The molecule has 16 heavy (non-hydrogen) atoms. The highest BCUT2D eigenvalue weighted by atomic mass is 19.4. The van der Waals surface area contributed by atoms with E-state index in [0.717, 1.165) is 6.08 Å². The van der Waals surface area contributed by atoms with Crippen molar-refractivity contribution in [3.63, 3.8) is 0 Å². The minimum Gasteiger partial charge on any atom is -0.234 e. The average Bonchev–Trinajstić information content (AvgIpc) is 1.99. The molecule has 0 aliphatic heterocycles. The molecule has 0 N–H and O–H groups in total. The lowest BCUT2D eigenvalue weighted by atomic mass is 9.90. The molecule has 7 heteroatoms. The van der Waals surface area contributed by atoms with Gasteiger partial charge in [-0.3, -0.25) is 0 Å². The minimum absolute atomic E-state index is 0.106. The molecule has 0 saturated heterocycles. The Morgan fingerprint density at radius 1 is 1.06 bits per heavy atom. The van der Waals surface area contributed by atoms with E-state index in [0.29, 0.717) is 0 Å². The van der Waals surface area contributed by atoms with Crippen molar-refractivity contribution in [2.75, 3.05) is 0 Å². The van der Waals surface area contributed by atoms with Crippen molar-refractivity contribution in [1.82, 2.24) is 0 Å². The fraction of sp³-hybridized carbons (Fsp3) is 0.778. The summed E-state index contributed by atoms with van der Waals surface area (Å²) in [5, 5.41) is 0. The largest absolute Gasteiger partial charge is 0.422 e. The van der Waals surface area contributed by atoms with Gasteiger partial charge in [-0.1, -0.05) is 6.08 Å². The van der Waals surface area contributed by atoms with Crippen LogP contribution >= 0.6 is 0 Å². The summed E-state index contributed by atoms with van der Waals surface area (Å²) >= 11 is 0. The number of alkyl halides is 7. The van der Waals surface area contributed by atoms with Crippen LogP contribution in [0.15, 0.2) is 12.7 Å². The van der Waals surface area contributed by atoms with Gasteiger partial charge in [0.15, 0.2) is 0 Å². The zero-order chi connectivity index (χ0) is 13.2. The Labute approximate surface area is 88.1 Å². The highest BCUT2D eigenvalue weighted by Gasteiger charge is 2.56. The van der Waals surface area contributed by atoms with E-state index in [4.69, 9.17) is 0 Å². The molecular formula is C9H11F7. The van der Waals surface area contributed by atoms with Crippen molar-refractivity contribution in [2.24, 2.45) is 5.92 Å². The van der Waals surface area contributed by atoms with Crippen molar-refractivity contribution < 1.29 is 30.7 Å². The van der Waals surface area contributed by atoms with E-state index in [2.05, 4.69) is 6.58 Å². The Balaban J connectivity index is 4.83. The van der Waals surface area contributed by atoms with E-state index in [9.17, 15) is 30.7 Å². The summed E-state index contributed by atoms with van der Waals surface area (Å²) in [5.41, 5.74) is -3.85. The van der Waals surface area contributed by atoms with Gasteiger partial charge in [0.2, 0.25) is 5.67 Å². The molecule has 96 valence electrons. The number of halogens is 7. The van der Waals surface area contributed by atoms with E-state index in [1.807, 2.05) is 0 Å². The maximum absolute atomic E-state index is 13.0. The lowest BCUT2D eigenvalue weighted by Gasteiger charge is -2.28. The molecule has 0 bridgehead atoms. The Hall–Kier alpha value is -0.750. The summed E-state index contributed by atoms with van der Waals surface area (Å²) < 4.78 is 85.9. The van der Waals surface area contributed by atoms with Crippen molar-refractivity contribution in [1.29, 1.82) is 0 Å². The van der Waals surface area contributed by atoms with Crippen LogP contribution in [0.5, 0.6) is 0 Å². The molecule has 0 fully saturated rings. The summed E-state index contributed by atoms with van der Waals surface area (Å²) in [5.74, 6) is -2.37. The first kappa shape index (κ1) is 15.2. The Morgan fingerprint density at radius 2 is 1.50 bits per heavy atom. The molecule has 0 radical (unpaired) electrons. The van der Waals surface area contributed by atoms with E-state index >= 15 is 0 Å². The fourth-order valence-corrected chi connectivity index (χ4v) is 1.11. The van der Waals surface area contributed by atoms with E-state index in [-0.39, 0.29) is 6.92 Å². The quantitative estimate of drug-likeness (QED) is 0.513. The highest BCUT2D eigenvalue weighted by Crippen LogP contribution is 2.43. The standard InChI is InChI=1S/C9H11F7/c1-3-4-6(8(11,12)13)5-7(2,10)9(14,15)16/h3,6H,1,4-5H2,2H3. The molecule has 2 unspecified atom stereocenters. The maximum Gasteiger partial charge on any atom is 0.422 e. The van der Waals surface area contributed by atoms with Gasteiger partial charge in [-0.05, 0) is 13.3 Å². The highest BCUT2D eigenvalue weighted by molar-refractivity contribution is 4.89. The maximum atomic E-state index is 13.0. The molecule has 0 aromatic heterocycles. The third-order valence-electron chi connectivity index (χ3n) is 2.13. The predicted octanol–water partition coefficient (Wildman–Crippen LogP) is 4.42. The molecule has 0 nitrogen and oxygen atoms in total. The van der Waals surface area contributed by atoms with Crippen LogP contribution in [0.4, 0.5) is 30.7 Å². The molecule has 0 amide bonds. The van der Waals surface area contributed by atoms with Gasteiger partial charge in [0.1, 0.15) is 0 Å². The molecule has 0 aliphatic carbocycles. The van der Waals surface area contributed by atoms with Crippen LogP contribution in [-0.4, -0.2) is 18.0 Å². The minimum atomic E-state index is -5.31. The van der Waals surface area contributed by atoms with Crippen LogP contribution in [0.2, 0.25) is 0 Å². The Bertz CT molecular complexity index is 235. The summed E-state index contributed by atoms with van der Waals surface area (Å²) in [7, 11) is 0. The first-order chi connectivity index (χ1) is 6.92. The Kier molecular flexibility index (Phi) is 4.41. The number of hydrogen-bond donors (Lipinski definition) is 0. The van der Waals surface area contributed by atoms with Gasteiger partial charge >= 0.3 is 12.4 Å². The third kappa shape index (κ3) is 4.02. The second-order valence-corrected chi connectivity index (χ2v) is 3.66. The van der Waals surface area contributed by atoms with Crippen LogP contribution in [0.1, 0.15) is 19.8 Å². The van der Waals surface area contributed by atoms with Gasteiger partial charge in [-0.15, -0.1) is 6.58 Å². The van der Waals surface area contributed by atoms with Crippen molar-refractivity contribution in [3.05, 3.63) is 12.7 Å². The van der Waals surface area contributed by atoms with Gasteiger partial charge in [0, 0.05) is 6.42 Å². The van der Waals surface area contributed by atoms with Crippen LogP contribution in [-0.2, 0) is 0 Å². The monoisotopic (exact) mass is 252 g/mol. The van der Waals surface area contributed by atoms with Crippen LogP contribution in [0.25, 0.3) is 0 Å². The second-order valence-electron chi connectivity index (χ2n) is 3.66. The van der Waals surface area contributed by atoms with Crippen molar-refractivity contribution in [3.8, 4) is 0 Å². The van der Waals surface area contributed by atoms with E-state index in [1.165, 1.54) is 0 Å². The lowest BCUT2D eigenvalue weighted by molar-refractivity contribution is -0.247. The van der Waals surface area contributed by atoms with Gasteiger partial charge in [0.25, 0.3) is 0 Å². The number of rotatable bonds is 4. The number of allylic oxidation sites excluding steroid dienone is 1. The van der Waals surface area contributed by atoms with E-state index in [1.54, 1.807) is 0 Å². The topological polar surface area (TPSA) is 0 Å². The molecule has 0 heterocycles. The van der Waals surface area contributed by atoms with Crippen LogP contribution in [0, 0.1) is 5.92 Å². The second kappa shape index (κ2) is 4.63. The number of hydrogen-bond acceptors (Lipinski definition) is 0. The van der Waals surface area contributed by atoms with Crippen molar-refractivity contribution in [2.45, 2.75) is 37.8 Å². The summed E-state index contributed by atoms with van der Waals surface area (Å²) in [6, 6.07) is 0. The van der Waals surface area contributed by atoms with Gasteiger partial charge in [-0.25, -0.2) is 4.39 Å². The van der Waals surface area contributed by atoms with Gasteiger partial charge in [-0.2, -0.15) is 26.3 Å². The van der Waals surface area contributed by atoms with Crippen LogP contribution in [0.3, 0.4) is 0 Å². The predicted molar refractivity (Wildman–Crippen MR) is 44.5 cm³/mol. The third-order valence-corrected chi connectivity index (χ3v) is 2.13. The smallest absolute Gasteiger partial charge is 0.234 e. The molecule has 2 atom stereocenters. The zero-order valence-corrected chi connectivity index (χ0v) is 8.42. The SMILES string of the molecule is C=CCC(CC(C)(F)C(F)(F)F)C(F)(F)F. The van der Waals surface area contributed by atoms with Crippen LogP contribution < -0.4 is 0 Å². The van der Waals surface area contributed by atoms with Gasteiger partial charge in [0.05, 0.1) is 5.92 Å². The van der Waals surface area contributed by atoms with Gasteiger partial charge < -0.3 is 0 Å². The molecule has 0 saturated carbocycles. The summed E-state index contributed by atoms with van der Waals surface area (Å²) in [4.78, 5) is 0. The lowest BCUT2D eigenvalue weighted by Crippen LogP contribution is -2.42. The Morgan fingerprint density at radius 3 is 1.75 bits per heavy atom. The average molecular weight is 252 g/mol. The molecule has 0 rings (SSSR count). The molecule has 0 aliphatic rings. The molecule has 0 spiro atoms.